The van der Waals surface area contributed by atoms with Gasteiger partial charge in [0, 0.05) is 9.28 Å². The Morgan fingerprint density at radius 1 is 1.50 bits per heavy atom. The SMILES string of the molecule is CC(=N)CC[C@H](O)c1ccccc1[131I]. The number of halogens is 1. The lowest BCUT2D eigenvalue weighted by Crippen LogP contribution is -2.02. The average Bonchev–Trinajstić information content (AvgIpc) is 2.15. The van der Waals surface area contributed by atoms with E-state index in [-0.39, 0.29) is 0 Å². The van der Waals surface area contributed by atoms with Crippen molar-refractivity contribution in [3.8, 4) is 0 Å². The van der Waals surface area contributed by atoms with Gasteiger partial charge >= 0.3 is 0 Å². The van der Waals surface area contributed by atoms with Crippen LogP contribution in [0, 0.1) is 8.98 Å². The fraction of sp³-hybridized carbons (Fsp3) is 0.364. The van der Waals surface area contributed by atoms with Crippen LogP contribution >= 0.6 is 22.6 Å². The minimum absolute atomic E-state index is 0.441. The van der Waals surface area contributed by atoms with E-state index in [1.54, 1.807) is 6.92 Å². The number of hydrogen-bond acceptors (Lipinski definition) is 2. The summed E-state index contributed by atoms with van der Waals surface area (Å²) in [4.78, 5) is 0. The van der Waals surface area contributed by atoms with E-state index in [0.717, 1.165) is 9.13 Å². The van der Waals surface area contributed by atoms with E-state index in [2.05, 4.69) is 22.6 Å². The first kappa shape index (κ1) is 11.7. The Kier molecular flexibility index (Phi) is 4.54. The molecule has 0 aliphatic rings. The number of aliphatic hydroxyl groups excluding tert-OH is 1. The molecular weight excluding hydrogens is 293 g/mol. The van der Waals surface area contributed by atoms with Crippen molar-refractivity contribution in [2.75, 3.05) is 0 Å². The van der Waals surface area contributed by atoms with Gasteiger partial charge in [-0.15, -0.1) is 0 Å². The van der Waals surface area contributed by atoms with Crippen LogP contribution in [0.4, 0.5) is 0 Å². The van der Waals surface area contributed by atoms with Gasteiger partial charge in [-0.2, -0.15) is 0 Å². The van der Waals surface area contributed by atoms with Crippen molar-refractivity contribution < 1.29 is 5.11 Å². The van der Waals surface area contributed by atoms with Crippen molar-refractivity contribution in [2.45, 2.75) is 25.9 Å². The summed E-state index contributed by atoms with van der Waals surface area (Å²) in [6, 6.07) is 7.81. The van der Waals surface area contributed by atoms with Crippen molar-refractivity contribution in [1.29, 1.82) is 5.41 Å². The zero-order valence-corrected chi connectivity index (χ0v) is 10.3. The van der Waals surface area contributed by atoms with E-state index in [4.69, 9.17) is 5.41 Å². The summed E-state index contributed by atoms with van der Waals surface area (Å²) in [5, 5.41) is 17.1. The molecule has 2 nitrogen and oxygen atoms in total. The molecule has 1 aromatic carbocycles. The molecule has 0 saturated heterocycles. The molecule has 1 aromatic rings. The average molecular weight is 307 g/mol. The molecule has 0 spiro atoms. The lowest BCUT2D eigenvalue weighted by atomic mass is 10.0. The van der Waals surface area contributed by atoms with Crippen LogP contribution in [-0.4, -0.2) is 10.8 Å². The third kappa shape index (κ3) is 3.38. The quantitative estimate of drug-likeness (QED) is 0.651. The van der Waals surface area contributed by atoms with Crippen LogP contribution in [0.2, 0.25) is 0 Å². The number of hydrogen-bond donors (Lipinski definition) is 2. The highest BCUT2D eigenvalue weighted by Crippen LogP contribution is 2.23. The lowest BCUT2D eigenvalue weighted by molar-refractivity contribution is 0.169. The van der Waals surface area contributed by atoms with E-state index < -0.39 is 6.10 Å². The maximum absolute atomic E-state index is 9.85. The van der Waals surface area contributed by atoms with Gasteiger partial charge < -0.3 is 10.5 Å². The molecule has 0 aliphatic carbocycles. The lowest BCUT2D eigenvalue weighted by Gasteiger charge is -2.11. The molecule has 0 aromatic heterocycles. The third-order valence-corrected chi connectivity index (χ3v) is 3.04. The molecule has 0 radical (unpaired) electrons. The fourth-order valence-corrected chi connectivity index (χ4v) is 2.00. The zero-order valence-electron chi connectivity index (χ0n) is 8.13. The van der Waals surface area contributed by atoms with Gasteiger partial charge in [-0.1, -0.05) is 18.2 Å². The van der Waals surface area contributed by atoms with Gasteiger partial charge in [0.25, 0.3) is 0 Å². The molecule has 0 unspecified atom stereocenters. The highest BCUT2D eigenvalue weighted by Gasteiger charge is 2.10. The van der Waals surface area contributed by atoms with Crippen LogP contribution in [0.25, 0.3) is 0 Å². The van der Waals surface area contributed by atoms with Gasteiger partial charge in [0.1, 0.15) is 0 Å². The molecule has 0 heterocycles. The van der Waals surface area contributed by atoms with Crippen LogP contribution in [0.1, 0.15) is 31.4 Å². The zero-order chi connectivity index (χ0) is 10.6. The first-order chi connectivity index (χ1) is 6.61. The normalized spacial score (nSPS) is 12.5. The first-order valence-electron chi connectivity index (χ1n) is 4.58. The molecule has 1 rings (SSSR count). The van der Waals surface area contributed by atoms with Crippen molar-refractivity contribution in [3.63, 3.8) is 0 Å². The van der Waals surface area contributed by atoms with Crippen molar-refractivity contribution in [1.82, 2.24) is 0 Å². The summed E-state index contributed by atoms with van der Waals surface area (Å²) in [7, 11) is 0. The van der Waals surface area contributed by atoms with E-state index in [1.807, 2.05) is 24.3 Å². The summed E-state index contributed by atoms with van der Waals surface area (Å²) in [6.07, 6.45) is 0.852. The van der Waals surface area contributed by atoms with Crippen LogP contribution < -0.4 is 0 Å². The first-order valence-corrected chi connectivity index (χ1v) is 5.65. The molecule has 3 heteroatoms. The second kappa shape index (κ2) is 5.46. The molecule has 0 amide bonds. The Bertz CT molecular complexity index is 325. The Labute approximate surface area is 98.0 Å². The predicted molar refractivity (Wildman–Crippen MR) is 66.8 cm³/mol. The maximum Gasteiger partial charge on any atom is 0.0803 e. The summed E-state index contributed by atoms with van der Waals surface area (Å²) < 4.78 is 1.08. The molecule has 0 aliphatic heterocycles. The van der Waals surface area contributed by atoms with Gasteiger partial charge in [-0.25, -0.2) is 0 Å². The second-order valence-electron chi connectivity index (χ2n) is 3.36. The maximum atomic E-state index is 9.85. The van der Waals surface area contributed by atoms with Crippen LogP contribution in [-0.2, 0) is 0 Å². The smallest absolute Gasteiger partial charge is 0.0803 e. The summed E-state index contributed by atoms with van der Waals surface area (Å²) in [5.41, 5.74) is 1.59. The Morgan fingerprint density at radius 2 is 2.14 bits per heavy atom. The minimum atomic E-state index is -0.441. The highest BCUT2D eigenvalue weighted by atomic mass is 131. The highest BCUT2D eigenvalue weighted by molar-refractivity contribution is 14.1. The molecule has 1 atom stereocenters. The standard InChI is InChI=1S/C11H14INO/c1-8(13)6-7-11(14)9-4-2-3-5-10(9)12/h2-5,11,13-14H,6-7H2,1H3/t11-/m0/s1/i12+4. The van der Waals surface area contributed by atoms with E-state index in [1.165, 1.54) is 0 Å². The second-order valence-corrected chi connectivity index (χ2v) is 4.52. The Morgan fingerprint density at radius 3 is 2.71 bits per heavy atom. The number of nitrogens with one attached hydrogen (secondary N) is 1. The van der Waals surface area contributed by atoms with Gasteiger partial charge in [0.05, 0.1) is 6.10 Å². The van der Waals surface area contributed by atoms with E-state index >= 15 is 0 Å². The summed E-state index contributed by atoms with van der Waals surface area (Å²) >= 11 is 2.22. The minimum Gasteiger partial charge on any atom is -0.388 e. The van der Waals surface area contributed by atoms with Crippen molar-refractivity contribution in [3.05, 3.63) is 33.4 Å². The van der Waals surface area contributed by atoms with Crippen molar-refractivity contribution >= 4 is 28.3 Å². The molecule has 0 bridgehead atoms. The number of rotatable bonds is 4. The van der Waals surface area contributed by atoms with E-state index in [0.29, 0.717) is 18.6 Å². The molecule has 2 N–H and O–H groups in total. The van der Waals surface area contributed by atoms with Crippen LogP contribution in [0.15, 0.2) is 24.3 Å². The van der Waals surface area contributed by atoms with Gasteiger partial charge in [0.2, 0.25) is 0 Å². The molecule has 14 heavy (non-hydrogen) atoms. The number of aliphatic hydroxyl groups is 1. The number of benzene rings is 1. The topological polar surface area (TPSA) is 44.1 Å². The summed E-state index contributed by atoms with van der Waals surface area (Å²) in [5.74, 6) is 0. The Hall–Kier alpha value is -0.420. The predicted octanol–water partition coefficient (Wildman–Crippen LogP) is 3.14. The molecular formula is C11H14INO. The molecule has 0 saturated carbocycles. The van der Waals surface area contributed by atoms with Gasteiger partial charge in [0.15, 0.2) is 0 Å². The van der Waals surface area contributed by atoms with Crippen molar-refractivity contribution in [2.24, 2.45) is 0 Å². The largest absolute Gasteiger partial charge is 0.388 e. The summed E-state index contributed by atoms with van der Waals surface area (Å²) in [6.45, 7) is 1.77. The molecule has 76 valence electrons. The van der Waals surface area contributed by atoms with E-state index in [9.17, 15) is 5.11 Å². The third-order valence-electron chi connectivity index (χ3n) is 2.06. The van der Waals surface area contributed by atoms with Crippen LogP contribution in [0.3, 0.4) is 0 Å². The van der Waals surface area contributed by atoms with Gasteiger partial charge in [-0.05, 0) is 54.0 Å². The van der Waals surface area contributed by atoms with Crippen LogP contribution in [0.5, 0.6) is 0 Å². The Balaban J connectivity index is 2.65. The van der Waals surface area contributed by atoms with Gasteiger partial charge in [-0.3, -0.25) is 0 Å². The monoisotopic (exact) mass is 307 g/mol. The molecule has 0 fully saturated rings. The fourth-order valence-electron chi connectivity index (χ4n) is 1.25.